The van der Waals surface area contributed by atoms with Gasteiger partial charge in [-0.25, -0.2) is 4.79 Å². The first-order chi connectivity index (χ1) is 5.25. The summed E-state index contributed by atoms with van der Waals surface area (Å²) in [5.74, 6) is -2.25. The minimum atomic E-state index is -5.12. The van der Waals surface area contributed by atoms with Gasteiger partial charge in [0.15, 0.2) is 0 Å². The van der Waals surface area contributed by atoms with Gasteiger partial charge in [-0.2, -0.15) is 13.2 Å². The molecule has 0 rings (SSSR count). The lowest BCUT2D eigenvalue weighted by Crippen LogP contribution is -2.51. The summed E-state index contributed by atoms with van der Waals surface area (Å²) in [4.78, 5) is 10.1. The third-order valence-electron chi connectivity index (χ3n) is 1.43. The van der Waals surface area contributed by atoms with Gasteiger partial charge >= 0.3 is 12.1 Å². The van der Waals surface area contributed by atoms with Crippen molar-refractivity contribution in [1.82, 2.24) is 0 Å². The van der Waals surface area contributed by atoms with E-state index in [0.717, 1.165) is 0 Å². The summed E-state index contributed by atoms with van der Waals surface area (Å²) in [5.41, 5.74) is -3.60. The molecular weight excluding hydrogens is 177 g/mol. The van der Waals surface area contributed by atoms with Crippen LogP contribution in [-0.4, -0.2) is 28.0 Å². The highest BCUT2D eigenvalue weighted by Crippen LogP contribution is 2.34. The van der Waals surface area contributed by atoms with Crippen LogP contribution in [0.5, 0.6) is 0 Å². The summed E-state index contributed by atoms with van der Waals surface area (Å²) in [6, 6.07) is 0. The van der Waals surface area contributed by atoms with Crippen molar-refractivity contribution >= 4 is 5.97 Å². The molecule has 72 valence electrons. The van der Waals surface area contributed by atoms with Crippen LogP contribution in [0.2, 0.25) is 0 Å². The van der Waals surface area contributed by atoms with E-state index in [1.54, 1.807) is 0 Å². The molecule has 0 saturated carbocycles. The van der Waals surface area contributed by atoms with Gasteiger partial charge < -0.3 is 10.2 Å². The molecule has 0 saturated heterocycles. The van der Waals surface area contributed by atoms with E-state index in [-0.39, 0.29) is 6.42 Å². The van der Waals surface area contributed by atoms with E-state index in [4.69, 9.17) is 10.2 Å². The zero-order chi connectivity index (χ0) is 9.99. The normalized spacial score (nSPS) is 17.1. The molecule has 6 heteroatoms. The van der Waals surface area contributed by atoms with Crippen molar-refractivity contribution in [2.24, 2.45) is 0 Å². The summed E-state index contributed by atoms with van der Waals surface area (Å²) in [6.45, 7) is 1.36. The van der Waals surface area contributed by atoms with Crippen LogP contribution in [-0.2, 0) is 4.79 Å². The number of carbonyl (C=O) groups is 1. The molecule has 0 spiro atoms. The van der Waals surface area contributed by atoms with E-state index in [9.17, 15) is 18.0 Å². The first-order valence-corrected chi connectivity index (χ1v) is 3.28. The summed E-state index contributed by atoms with van der Waals surface area (Å²) < 4.78 is 35.7. The first kappa shape index (κ1) is 11.2. The number of halogens is 3. The van der Waals surface area contributed by atoms with Gasteiger partial charge in [-0.3, -0.25) is 0 Å². The molecular formula is C6H9F3O3. The molecule has 1 unspecified atom stereocenters. The van der Waals surface area contributed by atoms with Crippen LogP contribution in [0.4, 0.5) is 13.2 Å². The zero-order valence-electron chi connectivity index (χ0n) is 6.35. The largest absolute Gasteiger partial charge is 0.479 e. The predicted molar refractivity (Wildman–Crippen MR) is 33.5 cm³/mol. The Kier molecular flexibility index (Phi) is 3.09. The highest BCUT2D eigenvalue weighted by molar-refractivity contribution is 5.78. The highest BCUT2D eigenvalue weighted by atomic mass is 19.4. The maximum absolute atomic E-state index is 11.9. The number of hydrogen-bond acceptors (Lipinski definition) is 2. The van der Waals surface area contributed by atoms with Crippen LogP contribution in [0.15, 0.2) is 0 Å². The molecule has 0 aromatic heterocycles. The van der Waals surface area contributed by atoms with Crippen LogP contribution in [0.1, 0.15) is 19.8 Å². The molecule has 3 nitrogen and oxygen atoms in total. The minimum absolute atomic E-state index is 0.0533. The predicted octanol–water partition coefficient (Wildman–Crippen LogP) is 1.16. The van der Waals surface area contributed by atoms with Gasteiger partial charge in [0.05, 0.1) is 0 Å². The quantitative estimate of drug-likeness (QED) is 0.695. The number of aliphatic carboxylic acids is 1. The van der Waals surface area contributed by atoms with Crippen LogP contribution in [0.25, 0.3) is 0 Å². The van der Waals surface area contributed by atoms with Gasteiger partial charge in [-0.1, -0.05) is 13.3 Å². The second-order valence-corrected chi connectivity index (χ2v) is 2.41. The lowest BCUT2D eigenvalue weighted by Gasteiger charge is -2.25. The van der Waals surface area contributed by atoms with E-state index in [1.165, 1.54) is 6.92 Å². The molecule has 0 radical (unpaired) electrons. The zero-order valence-corrected chi connectivity index (χ0v) is 6.35. The SMILES string of the molecule is CCCC(O)(C(=O)O)C(F)(F)F. The van der Waals surface area contributed by atoms with Crippen molar-refractivity contribution in [3.8, 4) is 0 Å². The van der Waals surface area contributed by atoms with E-state index in [1.807, 2.05) is 0 Å². The fraction of sp³-hybridized carbons (Fsp3) is 0.833. The first-order valence-electron chi connectivity index (χ1n) is 3.28. The van der Waals surface area contributed by atoms with Crippen LogP contribution < -0.4 is 0 Å². The van der Waals surface area contributed by atoms with Crippen molar-refractivity contribution in [2.75, 3.05) is 0 Å². The van der Waals surface area contributed by atoms with Gasteiger partial charge in [0, 0.05) is 0 Å². The van der Waals surface area contributed by atoms with E-state index in [0.29, 0.717) is 0 Å². The lowest BCUT2D eigenvalue weighted by molar-refractivity contribution is -0.262. The Morgan fingerprint density at radius 3 is 1.92 bits per heavy atom. The number of aliphatic hydroxyl groups is 1. The fourth-order valence-corrected chi connectivity index (χ4v) is 0.732. The Balaban J connectivity index is 4.75. The van der Waals surface area contributed by atoms with E-state index >= 15 is 0 Å². The molecule has 0 aliphatic rings. The summed E-state index contributed by atoms with van der Waals surface area (Å²) in [5, 5.41) is 16.8. The molecule has 1 atom stereocenters. The van der Waals surface area contributed by atoms with Gasteiger partial charge in [0.2, 0.25) is 0 Å². The second-order valence-electron chi connectivity index (χ2n) is 2.41. The number of carboxylic acid groups (broad SMARTS) is 1. The summed E-state index contributed by atoms with van der Waals surface area (Å²) in [6.07, 6.45) is -6.00. The highest BCUT2D eigenvalue weighted by Gasteiger charge is 2.59. The Labute approximate surface area is 66.8 Å². The molecule has 0 aromatic rings. The minimum Gasteiger partial charge on any atom is -0.479 e. The molecule has 12 heavy (non-hydrogen) atoms. The Hall–Kier alpha value is -0.780. The lowest BCUT2D eigenvalue weighted by atomic mass is 9.98. The van der Waals surface area contributed by atoms with Gasteiger partial charge in [-0.05, 0) is 6.42 Å². The molecule has 0 aliphatic heterocycles. The van der Waals surface area contributed by atoms with Crippen LogP contribution >= 0.6 is 0 Å². The van der Waals surface area contributed by atoms with Crippen molar-refractivity contribution in [3.63, 3.8) is 0 Å². The number of alkyl halides is 3. The average Bonchev–Trinajstić information content (AvgIpc) is 1.85. The van der Waals surface area contributed by atoms with Crippen LogP contribution in [0, 0.1) is 0 Å². The smallest absolute Gasteiger partial charge is 0.428 e. The number of rotatable bonds is 3. The monoisotopic (exact) mass is 186 g/mol. The topological polar surface area (TPSA) is 57.5 Å². The summed E-state index contributed by atoms with van der Waals surface area (Å²) in [7, 11) is 0. The molecule has 0 aromatic carbocycles. The third-order valence-corrected chi connectivity index (χ3v) is 1.43. The number of hydrogen-bond donors (Lipinski definition) is 2. The third kappa shape index (κ3) is 1.88. The Bertz CT molecular complexity index is 177. The van der Waals surface area contributed by atoms with Crippen molar-refractivity contribution in [2.45, 2.75) is 31.5 Å². The Morgan fingerprint density at radius 2 is 1.83 bits per heavy atom. The van der Waals surface area contributed by atoms with Crippen LogP contribution in [0.3, 0.4) is 0 Å². The van der Waals surface area contributed by atoms with E-state index in [2.05, 4.69) is 0 Å². The Morgan fingerprint density at radius 1 is 1.42 bits per heavy atom. The van der Waals surface area contributed by atoms with E-state index < -0.39 is 24.2 Å². The molecule has 0 amide bonds. The maximum Gasteiger partial charge on any atom is 0.428 e. The average molecular weight is 186 g/mol. The van der Waals surface area contributed by atoms with Crippen molar-refractivity contribution < 1.29 is 28.2 Å². The maximum atomic E-state index is 11.9. The molecule has 0 fully saturated rings. The van der Waals surface area contributed by atoms with Gasteiger partial charge in [-0.15, -0.1) is 0 Å². The number of carboxylic acids is 1. The van der Waals surface area contributed by atoms with Gasteiger partial charge in [0.1, 0.15) is 0 Å². The van der Waals surface area contributed by atoms with Gasteiger partial charge in [0.25, 0.3) is 5.60 Å². The van der Waals surface area contributed by atoms with Crippen molar-refractivity contribution in [3.05, 3.63) is 0 Å². The second kappa shape index (κ2) is 3.30. The standard InChI is InChI=1S/C6H9F3O3/c1-2-3-5(12,4(10)11)6(7,8)9/h12H,2-3H2,1H3,(H,10,11). The summed E-state index contributed by atoms with van der Waals surface area (Å²) >= 11 is 0. The molecule has 2 N–H and O–H groups in total. The van der Waals surface area contributed by atoms with Crippen molar-refractivity contribution in [1.29, 1.82) is 0 Å². The molecule has 0 aliphatic carbocycles. The molecule has 0 heterocycles. The molecule has 0 bridgehead atoms. The fourth-order valence-electron chi connectivity index (χ4n) is 0.732.